The molecule has 1 N–H and O–H groups in total. The van der Waals surface area contributed by atoms with Gasteiger partial charge in [-0.1, -0.05) is 25.0 Å². The number of rotatable bonds is 4. The number of carbonyl (C=O) groups excluding carboxylic acids is 2. The predicted octanol–water partition coefficient (Wildman–Crippen LogP) is 1.35. The molecule has 1 unspecified atom stereocenters. The molecule has 2 amide bonds. The van der Waals surface area contributed by atoms with Gasteiger partial charge in [0.25, 0.3) is 0 Å². The number of nitrogens with zero attached hydrogens (tertiary/aromatic N) is 1. The zero-order valence-electron chi connectivity index (χ0n) is 11.6. The van der Waals surface area contributed by atoms with Crippen molar-refractivity contribution < 1.29 is 9.59 Å². The fourth-order valence-corrected chi connectivity index (χ4v) is 2.33. The maximum atomic E-state index is 12.0. The van der Waals surface area contributed by atoms with Crippen molar-refractivity contribution in [3.8, 4) is 12.3 Å². The van der Waals surface area contributed by atoms with Crippen molar-refractivity contribution in [1.82, 2.24) is 5.32 Å². The topological polar surface area (TPSA) is 49.4 Å². The van der Waals surface area contributed by atoms with Gasteiger partial charge in [0, 0.05) is 18.7 Å². The Labute approximate surface area is 119 Å². The molecule has 0 aliphatic carbocycles. The summed E-state index contributed by atoms with van der Waals surface area (Å²) in [5.74, 6) is 1.87. The Hall–Kier alpha value is -2.28. The number of hydrogen-bond acceptors (Lipinski definition) is 2. The van der Waals surface area contributed by atoms with E-state index in [1.54, 1.807) is 4.90 Å². The summed E-state index contributed by atoms with van der Waals surface area (Å²) in [5, 5.41) is 2.63. The van der Waals surface area contributed by atoms with E-state index in [4.69, 9.17) is 6.42 Å². The number of amides is 2. The van der Waals surface area contributed by atoms with Crippen LogP contribution >= 0.6 is 0 Å². The van der Waals surface area contributed by atoms with Crippen LogP contribution in [0.25, 0.3) is 0 Å². The predicted molar refractivity (Wildman–Crippen MR) is 78.1 cm³/mol. The summed E-state index contributed by atoms with van der Waals surface area (Å²) in [7, 11) is 0. The zero-order chi connectivity index (χ0) is 14.5. The van der Waals surface area contributed by atoms with Crippen molar-refractivity contribution in [3.63, 3.8) is 0 Å². The first-order valence-corrected chi connectivity index (χ1v) is 6.76. The Morgan fingerprint density at radius 1 is 1.45 bits per heavy atom. The fourth-order valence-electron chi connectivity index (χ4n) is 2.33. The molecule has 104 valence electrons. The minimum atomic E-state index is -0.318. The molecule has 1 heterocycles. The summed E-state index contributed by atoms with van der Waals surface area (Å²) >= 11 is 0. The highest BCUT2D eigenvalue weighted by Gasteiger charge is 2.34. The van der Waals surface area contributed by atoms with Crippen LogP contribution in [0.4, 0.5) is 5.69 Å². The molecule has 0 radical (unpaired) electrons. The Morgan fingerprint density at radius 3 is 2.75 bits per heavy atom. The lowest BCUT2D eigenvalue weighted by atomic mass is 10.1. The minimum Gasteiger partial charge on any atom is -0.345 e. The largest absolute Gasteiger partial charge is 0.345 e. The molecule has 0 bridgehead atoms. The van der Waals surface area contributed by atoms with Gasteiger partial charge in [-0.2, -0.15) is 0 Å². The van der Waals surface area contributed by atoms with Crippen LogP contribution in [0.1, 0.15) is 18.9 Å². The van der Waals surface area contributed by atoms with E-state index in [0.717, 1.165) is 12.1 Å². The lowest BCUT2D eigenvalue weighted by molar-refractivity contribution is -0.126. The second-order valence-corrected chi connectivity index (χ2v) is 4.85. The van der Waals surface area contributed by atoms with Crippen LogP contribution in [0.3, 0.4) is 0 Å². The van der Waals surface area contributed by atoms with Gasteiger partial charge in [-0.15, -0.1) is 6.42 Å². The van der Waals surface area contributed by atoms with E-state index in [-0.39, 0.29) is 30.7 Å². The molecule has 1 saturated heterocycles. The molecule has 1 aromatic rings. The highest BCUT2D eigenvalue weighted by Crippen LogP contribution is 2.25. The highest BCUT2D eigenvalue weighted by atomic mass is 16.2. The summed E-state index contributed by atoms with van der Waals surface area (Å²) < 4.78 is 0. The second-order valence-electron chi connectivity index (χ2n) is 4.85. The highest BCUT2D eigenvalue weighted by molar-refractivity contribution is 6.00. The number of hydrogen-bond donors (Lipinski definition) is 1. The molecule has 4 heteroatoms. The van der Waals surface area contributed by atoms with E-state index in [0.29, 0.717) is 6.54 Å². The summed E-state index contributed by atoms with van der Waals surface area (Å²) in [4.78, 5) is 25.5. The van der Waals surface area contributed by atoms with Crippen LogP contribution in [0.5, 0.6) is 0 Å². The number of nitrogens with one attached hydrogen (secondary N) is 1. The van der Waals surface area contributed by atoms with E-state index in [9.17, 15) is 9.59 Å². The quantitative estimate of drug-likeness (QED) is 0.840. The average molecular weight is 270 g/mol. The van der Waals surface area contributed by atoms with Gasteiger partial charge in [-0.05, 0) is 24.1 Å². The van der Waals surface area contributed by atoms with Gasteiger partial charge < -0.3 is 10.2 Å². The van der Waals surface area contributed by atoms with Crippen molar-refractivity contribution in [2.24, 2.45) is 5.92 Å². The Morgan fingerprint density at radius 2 is 2.15 bits per heavy atom. The van der Waals surface area contributed by atoms with Gasteiger partial charge in [0.15, 0.2) is 0 Å². The third kappa shape index (κ3) is 3.00. The van der Waals surface area contributed by atoms with Crippen molar-refractivity contribution in [1.29, 1.82) is 0 Å². The van der Waals surface area contributed by atoms with Gasteiger partial charge >= 0.3 is 0 Å². The van der Waals surface area contributed by atoms with Crippen molar-refractivity contribution in [2.45, 2.75) is 19.8 Å². The molecule has 0 aromatic heterocycles. The first kappa shape index (κ1) is 14.1. The first-order chi connectivity index (χ1) is 9.65. The smallest absolute Gasteiger partial charge is 0.227 e. The molecule has 0 spiro atoms. The minimum absolute atomic E-state index is 0.0184. The molecule has 0 saturated carbocycles. The second kappa shape index (κ2) is 6.25. The van der Waals surface area contributed by atoms with Crippen LogP contribution in [0.2, 0.25) is 0 Å². The summed E-state index contributed by atoms with van der Waals surface area (Å²) in [5.41, 5.74) is 2.07. The van der Waals surface area contributed by atoms with Crippen molar-refractivity contribution in [2.75, 3.05) is 18.0 Å². The molecule has 1 aliphatic heterocycles. The van der Waals surface area contributed by atoms with Gasteiger partial charge in [0.1, 0.15) is 0 Å². The van der Waals surface area contributed by atoms with Crippen LogP contribution in [0.15, 0.2) is 24.3 Å². The summed E-state index contributed by atoms with van der Waals surface area (Å²) in [6.07, 6.45) is 6.31. The van der Waals surface area contributed by atoms with Crippen LogP contribution in [0, 0.1) is 18.3 Å². The normalized spacial score (nSPS) is 17.9. The third-order valence-corrected chi connectivity index (χ3v) is 3.52. The molecule has 1 atom stereocenters. The van der Waals surface area contributed by atoms with E-state index in [1.807, 2.05) is 24.3 Å². The number of anilines is 1. The molecule has 1 aromatic carbocycles. The van der Waals surface area contributed by atoms with Crippen LogP contribution in [-0.2, 0) is 16.0 Å². The molecular formula is C16H18N2O2. The lowest BCUT2D eigenvalue weighted by Crippen LogP contribution is -2.33. The standard InChI is InChI=1S/C16H18N2O2/c1-3-9-17-16(20)13-10-15(19)18(11-13)14-7-5-12(4-2)6-8-14/h1,5-8,13H,4,9-11H2,2H3,(H,17,20). The zero-order valence-corrected chi connectivity index (χ0v) is 11.6. The van der Waals surface area contributed by atoms with E-state index in [2.05, 4.69) is 18.2 Å². The maximum absolute atomic E-state index is 12.0. The number of terminal acetylenes is 1. The number of benzene rings is 1. The summed E-state index contributed by atoms with van der Waals surface area (Å²) in [6, 6.07) is 7.87. The monoisotopic (exact) mass is 270 g/mol. The summed E-state index contributed by atoms with van der Waals surface area (Å²) in [6.45, 7) is 2.71. The van der Waals surface area contributed by atoms with E-state index in [1.165, 1.54) is 5.56 Å². The van der Waals surface area contributed by atoms with Gasteiger partial charge in [-0.25, -0.2) is 0 Å². The van der Waals surface area contributed by atoms with E-state index < -0.39 is 0 Å². The lowest BCUT2D eigenvalue weighted by Gasteiger charge is -2.17. The van der Waals surface area contributed by atoms with Crippen LogP contribution in [-0.4, -0.2) is 24.9 Å². The fraction of sp³-hybridized carbons (Fsp3) is 0.375. The Balaban J connectivity index is 2.05. The molecule has 1 aliphatic rings. The van der Waals surface area contributed by atoms with Gasteiger partial charge in [0.05, 0.1) is 12.5 Å². The SMILES string of the molecule is C#CCNC(=O)C1CC(=O)N(c2ccc(CC)cc2)C1. The Bertz CT molecular complexity index is 543. The Kier molecular flexibility index (Phi) is 4.41. The number of carbonyl (C=O) groups is 2. The average Bonchev–Trinajstić information content (AvgIpc) is 2.87. The molecule has 20 heavy (non-hydrogen) atoms. The molecule has 4 nitrogen and oxygen atoms in total. The molecule has 1 fully saturated rings. The molecule has 2 rings (SSSR count). The first-order valence-electron chi connectivity index (χ1n) is 6.76. The van der Waals surface area contributed by atoms with Gasteiger partial charge in [0.2, 0.25) is 11.8 Å². The van der Waals surface area contributed by atoms with Crippen molar-refractivity contribution >= 4 is 17.5 Å². The van der Waals surface area contributed by atoms with Crippen molar-refractivity contribution in [3.05, 3.63) is 29.8 Å². The third-order valence-electron chi connectivity index (χ3n) is 3.52. The molecular weight excluding hydrogens is 252 g/mol. The van der Waals surface area contributed by atoms with Crippen LogP contribution < -0.4 is 10.2 Å². The number of aryl methyl sites for hydroxylation is 1. The maximum Gasteiger partial charge on any atom is 0.227 e. The van der Waals surface area contributed by atoms with Gasteiger partial charge in [-0.3, -0.25) is 9.59 Å². The van der Waals surface area contributed by atoms with E-state index >= 15 is 0 Å².